The van der Waals surface area contributed by atoms with Gasteiger partial charge in [0.15, 0.2) is 0 Å². The van der Waals surface area contributed by atoms with Crippen LogP contribution in [0.1, 0.15) is 77.6 Å². The van der Waals surface area contributed by atoms with Crippen molar-refractivity contribution in [2.45, 2.75) is 77.6 Å². The lowest BCUT2D eigenvalue weighted by Gasteiger charge is -2.01. The van der Waals surface area contributed by atoms with Crippen LogP contribution in [0.3, 0.4) is 0 Å². The number of unbranched alkanes of at least 4 members (excludes halogenated alkanes) is 10. The lowest BCUT2D eigenvalue weighted by atomic mass is 10.1. The van der Waals surface area contributed by atoms with Gasteiger partial charge in [0.2, 0.25) is 0 Å². The van der Waals surface area contributed by atoms with Gasteiger partial charge in [-0.25, -0.2) is 0 Å². The van der Waals surface area contributed by atoms with E-state index in [-0.39, 0.29) is 10.5 Å². The summed E-state index contributed by atoms with van der Waals surface area (Å²) in [5.41, 5.74) is 0. The predicted octanol–water partition coefficient (Wildman–Crippen LogP) is 4.34. The number of hydrogen-bond donors (Lipinski definition) is 1. The Balaban J connectivity index is 0. The summed E-state index contributed by atoms with van der Waals surface area (Å²) >= 11 is 0. The Labute approximate surface area is 111 Å². The first kappa shape index (κ1) is 20.2. The largest absolute Gasteiger partial charge is 0.286 e. The summed E-state index contributed by atoms with van der Waals surface area (Å²) in [5.74, 6) is -0.0793. The summed E-state index contributed by atoms with van der Waals surface area (Å²) in [4.78, 5) is 0. The molecule has 0 unspecified atom stereocenters. The maximum atomic E-state index is 10.4. The Morgan fingerprint density at radius 2 is 1.06 bits per heavy atom. The molecule has 18 heavy (non-hydrogen) atoms. The molecule has 0 heterocycles. The molecule has 0 saturated carbocycles. The molecule has 0 bridgehead atoms. The van der Waals surface area contributed by atoms with Gasteiger partial charge < -0.3 is 0 Å². The van der Waals surface area contributed by atoms with E-state index in [1.54, 1.807) is 0 Å². The Hall–Kier alpha value is -0.160. The normalized spacial score (nSPS) is 11.2. The molecule has 1 N–H and O–H groups in total. The van der Waals surface area contributed by atoms with Gasteiger partial charge in [-0.2, -0.15) is 8.42 Å². The Morgan fingerprint density at radius 3 is 1.39 bits per heavy atom. The highest BCUT2D eigenvalue weighted by molar-refractivity contribution is 7.85. The van der Waals surface area contributed by atoms with E-state index in [2.05, 4.69) is 6.92 Å². The summed E-state index contributed by atoms with van der Waals surface area (Å²) in [7, 11) is -3.73. The van der Waals surface area contributed by atoms with Crippen LogP contribution in [0.5, 0.6) is 0 Å². The molecular formula is C13H29FO3S. The van der Waals surface area contributed by atoms with E-state index in [0.717, 1.165) is 12.8 Å². The molecule has 0 aliphatic heterocycles. The molecule has 0 saturated heterocycles. The average Bonchev–Trinajstić information content (AvgIpc) is 2.24. The van der Waals surface area contributed by atoms with Crippen LogP contribution in [0, 0.1) is 0 Å². The molecule has 0 aliphatic rings. The van der Waals surface area contributed by atoms with Crippen LogP contribution in [0.15, 0.2) is 0 Å². The number of halogens is 1. The van der Waals surface area contributed by atoms with Gasteiger partial charge >= 0.3 is 0 Å². The monoisotopic (exact) mass is 284 g/mol. The second-order valence-corrected chi connectivity index (χ2v) is 6.39. The zero-order valence-electron chi connectivity index (χ0n) is 11.6. The molecule has 0 spiro atoms. The summed E-state index contributed by atoms with van der Waals surface area (Å²) < 4.78 is 29.4. The average molecular weight is 284 g/mol. The van der Waals surface area contributed by atoms with E-state index in [1.807, 2.05) is 0 Å². The van der Waals surface area contributed by atoms with Crippen LogP contribution in [-0.2, 0) is 10.1 Å². The van der Waals surface area contributed by atoms with Crippen molar-refractivity contribution in [1.29, 1.82) is 0 Å². The van der Waals surface area contributed by atoms with E-state index < -0.39 is 10.1 Å². The molecule has 0 atom stereocenters. The Bertz CT molecular complexity index is 253. The van der Waals surface area contributed by atoms with Crippen LogP contribution in [0.2, 0.25) is 0 Å². The van der Waals surface area contributed by atoms with Crippen molar-refractivity contribution in [3.8, 4) is 0 Å². The van der Waals surface area contributed by atoms with Crippen molar-refractivity contribution in [3.05, 3.63) is 0 Å². The Morgan fingerprint density at radius 1 is 0.722 bits per heavy atom. The minimum Gasteiger partial charge on any atom is -0.286 e. The van der Waals surface area contributed by atoms with Crippen LogP contribution >= 0.6 is 0 Å². The first-order valence-electron chi connectivity index (χ1n) is 7.01. The van der Waals surface area contributed by atoms with Crippen LogP contribution in [0.25, 0.3) is 0 Å². The molecule has 0 amide bonds. The van der Waals surface area contributed by atoms with Crippen molar-refractivity contribution in [2.24, 2.45) is 0 Å². The fraction of sp³-hybridized carbons (Fsp3) is 1.00. The second kappa shape index (κ2) is 13.3. The third-order valence-corrected chi connectivity index (χ3v) is 3.81. The van der Waals surface area contributed by atoms with E-state index in [0.29, 0.717) is 6.42 Å². The highest BCUT2D eigenvalue weighted by Crippen LogP contribution is 2.11. The van der Waals surface area contributed by atoms with Crippen LogP contribution in [0.4, 0.5) is 4.70 Å². The zero-order chi connectivity index (χ0) is 13.0. The molecule has 0 radical (unpaired) electrons. The quantitative estimate of drug-likeness (QED) is 0.428. The van der Waals surface area contributed by atoms with Crippen molar-refractivity contribution in [1.82, 2.24) is 0 Å². The fourth-order valence-corrected chi connectivity index (χ4v) is 2.52. The smallest absolute Gasteiger partial charge is 0.264 e. The lowest BCUT2D eigenvalue weighted by molar-refractivity contribution is 0.478. The van der Waals surface area contributed by atoms with Crippen LogP contribution in [-0.4, -0.2) is 18.7 Å². The number of rotatable bonds is 12. The summed E-state index contributed by atoms with van der Waals surface area (Å²) in [5, 5.41) is 0. The van der Waals surface area contributed by atoms with Gasteiger partial charge in [-0.3, -0.25) is 9.26 Å². The van der Waals surface area contributed by atoms with E-state index in [1.165, 1.54) is 51.4 Å². The highest BCUT2D eigenvalue weighted by atomic mass is 32.2. The standard InChI is InChI=1S/C13H28O3S.FH/c1-2-3-4-5-6-7-8-9-10-11-12-13-17(14,15)16;/h2-13H2,1H3,(H,14,15,16);1H. The molecule has 0 aromatic heterocycles. The lowest BCUT2D eigenvalue weighted by Crippen LogP contribution is -2.03. The van der Waals surface area contributed by atoms with Crippen molar-refractivity contribution < 1.29 is 17.7 Å². The molecule has 3 nitrogen and oxygen atoms in total. The molecule has 112 valence electrons. The second-order valence-electron chi connectivity index (χ2n) is 4.82. The minimum atomic E-state index is -3.73. The summed E-state index contributed by atoms with van der Waals surface area (Å²) in [6.07, 6.45) is 13.1. The van der Waals surface area contributed by atoms with Crippen molar-refractivity contribution >= 4 is 10.1 Å². The predicted molar refractivity (Wildman–Crippen MR) is 75.4 cm³/mol. The van der Waals surface area contributed by atoms with Gasteiger partial charge in [0.1, 0.15) is 0 Å². The van der Waals surface area contributed by atoms with Crippen molar-refractivity contribution in [3.63, 3.8) is 0 Å². The highest BCUT2D eigenvalue weighted by Gasteiger charge is 2.02. The molecule has 0 aromatic rings. The summed E-state index contributed by atoms with van der Waals surface area (Å²) in [6.45, 7) is 2.23. The van der Waals surface area contributed by atoms with Crippen molar-refractivity contribution in [2.75, 3.05) is 5.75 Å². The van der Waals surface area contributed by atoms with Gasteiger partial charge in [-0.1, -0.05) is 71.1 Å². The molecule has 0 aromatic carbocycles. The summed E-state index contributed by atoms with van der Waals surface area (Å²) in [6, 6.07) is 0. The fourth-order valence-electron chi connectivity index (χ4n) is 1.95. The third-order valence-electron chi connectivity index (χ3n) is 3.01. The topological polar surface area (TPSA) is 54.4 Å². The van der Waals surface area contributed by atoms with Crippen LogP contribution < -0.4 is 0 Å². The molecule has 5 heteroatoms. The Kier molecular flexibility index (Phi) is 14.9. The first-order valence-corrected chi connectivity index (χ1v) is 8.62. The van der Waals surface area contributed by atoms with E-state index in [4.69, 9.17) is 4.55 Å². The van der Waals surface area contributed by atoms with Gasteiger partial charge in [0.25, 0.3) is 10.1 Å². The maximum absolute atomic E-state index is 10.4. The van der Waals surface area contributed by atoms with E-state index in [9.17, 15) is 8.42 Å². The molecule has 0 aliphatic carbocycles. The molecule has 0 fully saturated rings. The van der Waals surface area contributed by atoms with Gasteiger partial charge in [-0.15, -0.1) is 0 Å². The number of hydrogen-bond acceptors (Lipinski definition) is 2. The third kappa shape index (κ3) is 18.2. The molecule has 0 rings (SSSR count). The van der Waals surface area contributed by atoms with Gasteiger partial charge in [-0.05, 0) is 6.42 Å². The maximum Gasteiger partial charge on any atom is 0.264 e. The zero-order valence-corrected chi connectivity index (χ0v) is 12.4. The van der Waals surface area contributed by atoms with Gasteiger partial charge in [0.05, 0.1) is 5.75 Å². The van der Waals surface area contributed by atoms with Gasteiger partial charge in [0, 0.05) is 0 Å². The SMILES string of the molecule is CCCCCCCCCCCCCS(=O)(=O)O.F. The molecular weight excluding hydrogens is 255 g/mol. The first-order chi connectivity index (χ1) is 8.06. The van der Waals surface area contributed by atoms with E-state index >= 15 is 0 Å². The minimum absolute atomic E-state index is 0.